The van der Waals surface area contributed by atoms with E-state index in [-0.39, 0.29) is 0 Å². The minimum Gasteiger partial charge on any atom is -0.0617 e. The van der Waals surface area contributed by atoms with Gasteiger partial charge in [-0.2, -0.15) is 0 Å². The van der Waals surface area contributed by atoms with Gasteiger partial charge in [0.15, 0.2) is 0 Å². The van der Waals surface area contributed by atoms with E-state index in [0.29, 0.717) is 0 Å². The molecule has 1 fully saturated rings. The molecule has 1 saturated carbocycles. The van der Waals surface area contributed by atoms with E-state index >= 15 is 0 Å². The number of hydrogen-bond donors (Lipinski definition) is 0. The summed E-state index contributed by atoms with van der Waals surface area (Å²) in [6.07, 6.45) is 8.30. The Balaban J connectivity index is 2.00. The zero-order chi connectivity index (χ0) is 9.80. The van der Waals surface area contributed by atoms with Gasteiger partial charge in [0.2, 0.25) is 0 Å². The third kappa shape index (κ3) is 2.37. The van der Waals surface area contributed by atoms with Gasteiger partial charge < -0.3 is 0 Å². The van der Waals surface area contributed by atoms with E-state index < -0.39 is 0 Å². The molecule has 0 amide bonds. The molecule has 0 radical (unpaired) electrons. The highest BCUT2D eigenvalue weighted by atomic mass is 14.2. The Hall–Kier alpha value is -0.780. The van der Waals surface area contributed by atoms with Crippen LogP contribution in [0.2, 0.25) is 0 Å². The molecule has 1 aliphatic carbocycles. The second kappa shape index (κ2) is 4.63. The normalized spacial score (nSPS) is 17.5. The second-order valence-corrected chi connectivity index (χ2v) is 4.53. The van der Waals surface area contributed by atoms with Crippen LogP contribution < -0.4 is 0 Å². The quantitative estimate of drug-likeness (QED) is 0.673. The maximum Gasteiger partial charge on any atom is -0.0250 e. The minimum absolute atomic E-state index is 0.974. The van der Waals surface area contributed by atoms with Crippen LogP contribution >= 0.6 is 0 Å². The van der Waals surface area contributed by atoms with Gasteiger partial charge in [0.1, 0.15) is 0 Å². The molecular formula is C14H20. The summed E-state index contributed by atoms with van der Waals surface area (Å²) in [6.45, 7) is 2.23. The summed E-state index contributed by atoms with van der Waals surface area (Å²) in [6, 6.07) is 9.12. The van der Waals surface area contributed by atoms with E-state index in [9.17, 15) is 0 Å². The molecular weight excluding hydrogens is 168 g/mol. The van der Waals surface area contributed by atoms with E-state index in [4.69, 9.17) is 0 Å². The van der Waals surface area contributed by atoms with Crippen molar-refractivity contribution in [2.45, 2.75) is 45.4 Å². The van der Waals surface area contributed by atoms with E-state index in [2.05, 4.69) is 31.2 Å². The molecule has 0 heterocycles. The lowest BCUT2D eigenvalue weighted by Crippen LogP contribution is -1.98. The first-order valence-electron chi connectivity index (χ1n) is 5.96. The summed E-state index contributed by atoms with van der Waals surface area (Å²) in [5.74, 6) is 0.974. The highest BCUT2D eigenvalue weighted by Crippen LogP contribution is 2.28. The van der Waals surface area contributed by atoms with Crippen LogP contribution in [0.15, 0.2) is 24.3 Å². The smallest absolute Gasteiger partial charge is 0.0250 e. The van der Waals surface area contributed by atoms with Gasteiger partial charge in [-0.25, -0.2) is 0 Å². The first-order valence-corrected chi connectivity index (χ1v) is 5.96. The van der Waals surface area contributed by atoms with Gasteiger partial charge in [0.05, 0.1) is 0 Å². The molecule has 0 spiro atoms. The Labute approximate surface area is 87.3 Å². The SMILES string of the molecule is CCc1cccc(CC2CCCC2)c1. The summed E-state index contributed by atoms with van der Waals surface area (Å²) >= 11 is 0. The Bertz CT molecular complexity index is 282. The minimum atomic E-state index is 0.974. The van der Waals surface area contributed by atoms with Gasteiger partial charge in [-0.15, -0.1) is 0 Å². The second-order valence-electron chi connectivity index (χ2n) is 4.53. The lowest BCUT2D eigenvalue weighted by molar-refractivity contribution is 0.546. The maximum atomic E-state index is 2.39. The van der Waals surface area contributed by atoms with Crippen molar-refractivity contribution in [3.63, 3.8) is 0 Å². The van der Waals surface area contributed by atoms with Crippen molar-refractivity contribution in [1.82, 2.24) is 0 Å². The fourth-order valence-corrected chi connectivity index (χ4v) is 2.52. The van der Waals surface area contributed by atoms with Crippen LogP contribution in [-0.2, 0) is 12.8 Å². The molecule has 2 rings (SSSR count). The van der Waals surface area contributed by atoms with Crippen LogP contribution in [0, 0.1) is 5.92 Å². The third-order valence-electron chi connectivity index (χ3n) is 3.40. The molecule has 1 aliphatic rings. The number of aryl methyl sites for hydroxylation is 1. The molecule has 0 aliphatic heterocycles. The van der Waals surface area contributed by atoms with Gasteiger partial charge in [-0.3, -0.25) is 0 Å². The molecule has 0 N–H and O–H groups in total. The van der Waals surface area contributed by atoms with Crippen LogP contribution in [0.5, 0.6) is 0 Å². The summed E-state index contributed by atoms with van der Waals surface area (Å²) < 4.78 is 0. The first-order chi connectivity index (χ1) is 6.88. The van der Waals surface area contributed by atoms with Crippen molar-refractivity contribution in [3.05, 3.63) is 35.4 Å². The van der Waals surface area contributed by atoms with Crippen molar-refractivity contribution in [3.8, 4) is 0 Å². The fraction of sp³-hybridized carbons (Fsp3) is 0.571. The monoisotopic (exact) mass is 188 g/mol. The summed E-state index contributed by atoms with van der Waals surface area (Å²) in [5.41, 5.74) is 3.04. The Kier molecular flexibility index (Phi) is 3.23. The van der Waals surface area contributed by atoms with Gasteiger partial charge in [-0.05, 0) is 29.9 Å². The average Bonchev–Trinajstić information content (AvgIpc) is 2.71. The van der Waals surface area contributed by atoms with Crippen LogP contribution in [0.25, 0.3) is 0 Å². The van der Waals surface area contributed by atoms with Crippen molar-refractivity contribution in [2.75, 3.05) is 0 Å². The molecule has 0 atom stereocenters. The lowest BCUT2D eigenvalue weighted by Gasteiger charge is -2.09. The zero-order valence-electron chi connectivity index (χ0n) is 9.13. The van der Waals surface area contributed by atoms with Crippen LogP contribution in [0.3, 0.4) is 0 Å². The Morgan fingerprint density at radius 3 is 2.57 bits per heavy atom. The largest absolute Gasteiger partial charge is 0.0617 e. The highest BCUT2D eigenvalue weighted by molar-refractivity contribution is 5.23. The number of rotatable bonds is 3. The molecule has 14 heavy (non-hydrogen) atoms. The molecule has 0 aromatic heterocycles. The highest BCUT2D eigenvalue weighted by Gasteiger charge is 2.15. The van der Waals surface area contributed by atoms with Crippen molar-refractivity contribution < 1.29 is 0 Å². The van der Waals surface area contributed by atoms with Gasteiger partial charge in [-0.1, -0.05) is 56.9 Å². The topological polar surface area (TPSA) is 0 Å². The average molecular weight is 188 g/mol. The van der Waals surface area contributed by atoms with Crippen molar-refractivity contribution in [2.24, 2.45) is 5.92 Å². The Morgan fingerprint density at radius 1 is 1.14 bits per heavy atom. The van der Waals surface area contributed by atoms with E-state index in [1.165, 1.54) is 44.1 Å². The summed E-state index contributed by atoms with van der Waals surface area (Å²) in [7, 11) is 0. The fourth-order valence-electron chi connectivity index (χ4n) is 2.52. The number of hydrogen-bond acceptors (Lipinski definition) is 0. The summed E-state index contributed by atoms with van der Waals surface area (Å²) in [4.78, 5) is 0. The van der Waals surface area contributed by atoms with E-state index in [0.717, 1.165) is 5.92 Å². The number of benzene rings is 1. The molecule has 1 aromatic carbocycles. The van der Waals surface area contributed by atoms with E-state index in [1.807, 2.05) is 0 Å². The molecule has 76 valence electrons. The first kappa shape index (κ1) is 9.76. The third-order valence-corrected chi connectivity index (χ3v) is 3.40. The predicted octanol–water partition coefficient (Wildman–Crippen LogP) is 3.98. The van der Waals surface area contributed by atoms with Crippen LogP contribution in [-0.4, -0.2) is 0 Å². The van der Waals surface area contributed by atoms with Gasteiger partial charge in [0.25, 0.3) is 0 Å². The van der Waals surface area contributed by atoms with Crippen molar-refractivity contribution in [1.29, 1.82) is 0 Å². The van der Waals surface area contributed by atoms with Crippen LogP contribution in [0.1, 0.15) is 43.7 Å². The molecule has 0 bridgehead atoms. The molecule has 0 unspecified atom stereocenters. The summed E-state index contributed by atoms with van der Waals surface area (Å²) in [5, 5.41) is 0. The Morgan fingerprint density at radius 2 is 1.86 bits per heavy atom. The predicted molar refractivity (Wildman–Crippen MR) is 61.5 cm³/mol. The van der Waals surface area contributed by atoms with Gasteiger partial charge >= 0.3 is 0 Å². The molecule has 0 saturated heterocycles. The standard InChI is InChI=1S/C14H20/c1-2-12-8-5-9-14(10-12)11-13-6-3-4-7-13/h5,8-10,13H,2-4,6-7,11H2,1H3. The lowest BCUT2D eigenvalue weighted by atomic mass is 9.96. The molecule has 0 heteroatoms. The maximum absolute atomic E-state index is 2.39. The van der Waals surface area contributed by atoms with Gasteiger partial charge in [0, 0.05) is 0 Å². The zero-order valence-corrected chi connectivity index (χ0v) is 9.13. The molecule has 1 aromatic rings. The molecule has 0 nitrogen and oxygen atoms in total. The van der Waals surface area contributed by atoms with Crippen LogP contribution in [0.4, 0.5) is 0 Å². The van der Waals surface area contributed by atoms with E-state index in [1.54, 1.807) is 5.56 Å². The van der Waals surface area contributed by atoms with Crippen molar-refractivity contribution >= 4 is 0 Å².